The summed E-state index contributed by atoms with van der Waals surface area (Å²) in [7, 11) is 0. The molecule has 1 atom stereocenters. The van der Waals surface area contributed by atoms with Crippen molar-refractivity contribution in [2.45, 2.75) is 70.5 Å². The molecule has 0 spiro atoms. The third-order valence-corrected chi connectivity index (χ3v) is 8.34. The van der Waals surface area contributed by atoms with Crippen LogP contribution in [0.1, 0.15) is 56.6 Å². The topological polar surface area (TPSA) is 78.4 Å². The largest absolute Gasteiger partial charge is 0.353 e. The molecule has 1 unspecified atom stereocenters. The van der Waals surface area contributed by atoms with E-state index in [1.54, 1.807) is 6.07 Å². The first-order valence-electron chi connectivity index (χ1n) is 12.9. The van der Waals surface area contributed by atoms with Crippen LogP contribution in [0.2, 0.25) is 5.15 Å². The van der Waals surface area contributed by atoms with Gasteiger partial charge in [-0.25, -0.2) is 9.97 Å². The van der Waals surface area contributed by atoms with E-state index in [0.29, 0.717) is 36.4 Å². The number of benzene rings is 1. The summed E-state index contributed by atoms with van der Waals surface area (Å²) in [5.74, 6) is 1.80. The number of halogens is 1. The second-order valence-corrected chi connectivity index (χ2v) is 11.4. The summed E-state index contributed by atoms with van der Waals surface area (Å²) in [6.45, 7) is 8.22. The maximum atomic E-state index is 12.9. The summed E-state index contributed by atoms with van der Waals surface area (Å²) in [5.41, 5.74) is 3.10. The van der Waals surface area contributed by atoms with E-state index in [-0.39, 0.29) is 23.6 Å². The van der Waals surface area contributed by atoms with Crippen molar-refractivity contribution >= 4 is 46.7 Å². The fourth-order valence-corrected chi connectivity index (χ4v) is 5.95. The van der Waals surface area contributed by atoms with Gasteiger partial charge in [0.2, 0.25) is 11.8 Å². The molecule has 7 nitrogen and oxygen atoms in total. The lowest BCUT2D eigenvalue weighted by atomic mass is 10.0. The second-order valence-electron chi connectivity index (χ2n) is 10.0. The van der Waals surface area contributed by atoms with E-state index in [4.69, 9.17) is 11.6 Å². The molecule has 1 aliphatic carbocycles. The number of carbonyl (C=O) groups is 2. The number of hydrogen-bond acceptors (Lipinski definition) is 6. The maximum absolute atomic E-state index is 12.9. The molecule has 2 aliphatic rings. The zero-order valence-electron chi connectivity index (χ0n) is 21.4. The van der Waals surface area contributed by atoms with E-state index in [9.17, 15) is 9.59 Å². The Balaban J connectivity index is 1.30. The molecule has 2 aromatic rings. The van der Waals surface area contributed by atoms with E-state index in [1.807, 2.05) is 36.9 Å². The number of rotatable bonds is 8. The van der Waals surface area contributed by atoms with Crippen molar-refractivity contribution in [3.63, 3.8) is 0 Å². The Morgan fingerprint density at radius 2 is 1.89 bits per heavy atom. The SMILES string of the molecule is Cc1ccc(NC(=O)CSc2nc(Cl)cc(N3CCN(C(=O)CCC4CCCC4)C(C)C3)n2)cc1C. The van der Waals surface area contributed by atoms with E-state index >= 15 is 0 Å². The average molecular weight is 530 g/mol. The molecule has 1 saturated heterocycles. The summed E-state index contributed by atoms with van der Waals surface area (Å²) < 4.78 is 0. The van der Waals surface area contributed by atoms with Gasteiger partial charge in [-0.2, -0.15) is 0 Å². The molecule has 2 amide bonds. The summed E-state index contributed by atoms with van der Waals surface area (Å²) in [5, 5.41) is 3.74. The van der Waals surface area contributed by atoms with Gasteiger partial charge < -0.3 is 15.1 Å². The lowest BCUT2D eigenvalue weighted by molar-refractivity contribution is -0.133. The Hall–Kier alpha value is -2.32. The molecule has 0 radical (unpaired) electrons. The third kappa shape index (κ3) is 7.13. The van der Waals surface area contributed by atoms with Crippen LogP contribution in [-0.4, -0.2) is 58.1 Å². The summed E-state index contributed by atoms with van der Waals surface area (Å²) in [4.78, 5) is 38.5. The van der Waals surface area contributed by atoms with Gasteiger partial charge in [0, 0.05) is 43.9 Å². The summed E-state index contributed by atoms with van der Waals surface area (Å²) >= 11 is 7.57. The Bertz CT molecular complexity index is 1090. The van der Waals surface area contributed by atoms with Crippen LogP contribution in [0, 0.1) is 19.8 Å². The van der Waals surface area contributed by atoms with Gasteiger partial charge in [-0.1, -0.05) is 55.1 Å². The van der Waals surface area contributed by atoms with Gasteiger partial charge in [0.1, 0.15) is 11.0 Å². The van der Waals surface area contributed by atoms with Crippen molar-refractivity contribution in [2.24, 2.45) is 5.92 Å². The highest BCUT2D eigenvalue weighted by atomic mass is 35.5. The average Bonchev–Trinajstić information content (AvgIpc) is 3.37. The van der Waals surface area contributed by atoms with Crippen molar-refractivity contribution in [1.82, 2.24) is 14.9 Å². The number of thioether (sulfide) groups is 1. The first kappa shape index (κ1) is 26.7. The Labute approximate surface area is 223 Å². The number of aromatic nitrogens is 2. The molecule has 4 rings (SSSR count). The number of amides is 2. The first-order chi connectivity index (χ1) is 17.3. The quantitative estimate of drug-likeness (QED) is 0.277. The van der Waals surface area contributed by atoms with Gasteiger partial charge in [-0.15, -0.1) is 0 Å². The molecule has 194 valence electrons. The Morgan fingerprint density at radius 3 is 2.61 bits per heavy atom. The molecule has 2 fully saturated rings. The number of aryl methyl sites for hydroxylation is 2. The Morgan fingerprint density at radius 1 is 1.11 bits per heavy atom. The number of nitrogens with zero attached hydrogens (tertiary/aromatic N) is 4. The molecule has 0 bridgehead atoms. The van der Waals surface area contributed by atoms with Crippen LogP contribution in [0.3, 0.4) is 0 Å². The Kier molecular flexibility index (Phi) is 9.12. The molecule has 9 heteroatoms. The third-order valence-electron chi connectivity index (χ3n) is 7.30. The number of carbonyl (C=O) groups excluding carboxylic acids is 2. The molecular formula is C27H36ClN5O2S. The zero-order valence-corrected chi connectivity index (χ0v) is 23.0. The van der Waals surface area contributed by atoms with Crippen LogP contribution in [0.5, 0.6) is 0 Å². The molecule has 1 saturated carbocycles. The fraction of sp³-hybridized carbons (Fsp3) is 0.556. The zero-order chi connectivity index (χ0) is 25.7. The van der Waals surface area contributed by atoms with Crippen molar-refractivity contribution < 1.29 is 9.59 Å². The van der Waals surface area contributed by atoms with Crippen molar-refractivity contribution in [3.05, 3.63) is 40.5 Å². The number of piperazine rings is 1. The van der Waals surface area contributed by atoms with Crippen LogP contribution < -0.4 is 10.2 Å². The first-order valence-corrected chi connectivity index (χ1v) is 14.2. The van der Waals surface area contributed by atoms with Gasteiger partial charge in [-0.05, 0) is 56.4 Å². The van der Waals surface area contributed by atoms with Crippen LogP contribution in [0.15, 0.2) is 29.4 Å². The van der Waals surface area contributed by atoms with E-state index in [0.717, 1.165) is 29.4 Å². The summed E-state index contributed by atoms with van der Waals surface area (Å²) in [6.07, 6.45) is 6.85. The lowest BCUT2D eigenvalue weighted by Crippen LogP contribution is -2.54. The lowest BCUT2D eigenvalue weighted by Gasteiger charge is -2.40. The van der Waals surface area contributed by atoms with E-state index in [1.165, 1.54) is 43.0 Å². The van der Waals surface area contributed by atoms with Gasteiger partial charge in [0.25, 0.3) is 0 Å². The molecule has 1 aliphatic heterocycles. The monoisotopic (exact) mass is 529 g/mol. The fourth-order valence-electron chi connectivity index (χ4n) is 5.06. The van der Waals surface area contributed by atoms with Crippen LogP contribution in [-0.2, 0) is 9.59 Å². The predicted molar refractivity (Wildman–Crippen MR) is 147 cm³/mol. The van der Waals surface area contributed by atoms with Crippen LogP contribution in [0.4, 0.5) is 11.5 Å². The van der Waals surface area contributed by atoms with E-state index < -0.39 is 0 Å². The standard InChI is InChI=1S/C27H36ClN5O2S/c1-18-8-10-22(14-19(18)2)29-25(34)17-36-27-30-23(28)15-24(31-27)32-12-13-33(20(3)16-32)26(35)11-9-21-6-4-5-7-21/h8,10,14-15,20-21H,4-7,9,11-13,16-17H2,1-3H3,(H,29,34). The van der Waals surface area contributed by atoms with Crippen molar-refractivity contribution in [2.75, 3.05) is 35.6 Å². The minimum atomic E-state index is -0.119. The molecule has 36 heavy (non-hydrogen) atoms. The highest BCUT2D eigenvalue weighted by molar-refractivity contribution is 7.99. The van der Waals surface area contributed by atoms with Gasteiger partial charge in [-0.3, -0.25) is 9.59 Å². The highest BCUT2D eigenvalue weighted by Gasteiger charge is 2.29. The molecule has 2 heterocycles. The number of hydrogen-bond donors (Lipinski definition) is 1. The van der Waals surface area contributed by atoms with Gasteiger partial charge >= 0.3 is 0 Å². The highest BCUT2D eigenvalue weighted by Crippen LogP contribution is 2.29. The van der Waals surface area contributed by atoms with Gasteiger partial charge in [0.05, 0.1) is 5.75 Å². The predicted octanol–water partition coefficient (Wildman–Crippen LogP) is 5.49. The normalized spacial score (nSPS) is 18.5. The maximum Gasteiger partial charge on any atom is 0.234 e. The van der Waals surface area contributed by atoms with E-state index in [2.05, 4.69) is 27.1 Å². The molecular weight excluding hydrogens is 494 g/mol. The molecule has 1 aromatic heterocycles. The van der Waals surface area contributed by atoms with Crippen molar-refractivity contribution in [1.29, 1.82) is 0 Å². The number of anilines is 2. The van der Waals surface area contributed by atoms with Crippen molar-refractivity contribution in [3.8, 4) is 0 Å². The minimum Gasteiger partial charge on any atom is -0.353 e. The summed E-state index contributed by atoms with van der Waals surface area (Å²) in [6, 6.07) is 7.72. The molecule has 1 aromatic carbocycles. The smallest absolute Gasteiger partial charge is 0.234 e. The van der Waals surface area contributed by atoms with Crippen LogP contribution in [0.25, 0.3) is 0 Å². The van der Waals surface area contributed by atoms with Crippen LogP contribution >= 0.6 is 23.4 Å². The number of nitrogens with one attached hydrogen (secondary N) is 1. The van der Waals surface area contributed by atoms with Gasteiger partial charge in [0.15, 0.2) is 5.16 Å². The minimum absolute atomic E-state index is 0.100. The second kappa shape index (κ2) is 12.3. The molecule has 1 N–H and O–H groups in total.